The van der Waals surface area contributed by atoms with Crippen molar-refractivity contribution in [3.05, 3.63) is 0 Å². The maximum Gasteiger partial charge on any atom is 0.222 e. The standard InChI is InChI=1S/C10H17NO/c1-2-10(12)11-8-4-3-5-9(11)7-6-8/h8-9H,2-7H2,1H3/t8-,9?/m0/s1. The Labute approximate surface area is 73.9 Å². The summed E-state index contributed by atoms with van der Waals surface area (Å²) in [6, 6.07) is 1.22. The SMILES string of the molecule is CCC(=O)N1C2CCC[C@H]1CC2. The van der Waals surface area contributed by atoms with Crippen LogP contribution in [0.15, 0.2) is 0 Å². The van der Waals surface area contributed by atoms with Gasteiger partial charge in [0.05, 0.1) is 0 Å². The quantitative estimate of drug-likeness (QED) is 0.584. The molecule has 0 aromatic rings. The molecule has 1 unspecified atom stereocenters. The smallest absolute Gasteiger partial charge is 0.222 e. The zero-order chi connectivity index (χ0) is 8.55. The second kappa shape index (κ2) is 3.08. The van der Waals surface area contributed by atoms with E-state index in [9.17, 15) is 4.79 Å². The summed E-state index contributed by atoms with van der Waals surface area (Å²) in [5, 5.41) is 0. The van der Waals surface area contributed by atoms with Gasteiger partial charge in [0.1, 0.15) is 0 Å². The minimum Gasteiger partial charge on any atom is -0.337 e. The molecule has 0 aromatic carbocycles. The highest BCUT2D eigenvalue weighted by Crippen LogP contribution is 2.35. The van der Waals surface area contributed by atoms with E-state index in [2.05, 4.69) is 4.90 Å². The third-order valence-corrected chi connectivity index (χ3v) is 3.29. The zero-order valence-electron chi connectivity index (χ0n) is 7.75. The first kappa shape index (κ1) is 8.09. The highest BCUT2D eigenvalue weighted by molar-refractivity contribution is 5.77. The van der Waals surface area contributed by atoms with Crippen LogP contribution in [0.3, 0.4) is 0 Å². The largest absolute Gasteiger partial charge is 0.337 e. The van der Waals surface area contributed by atoms with E-state index in [0.29, 0.717) is 24.4 Å². The molecule has 2 atom stereocenters. The first-order chi connectivity index (χ1) is 5.83. The van der Waals surface area contributed by atoms with E-state index >= 15 is 0 Å². The Balaban J connectivity index is 2.10. The van der Waals surface area contributed by atoms with Crippen LogP contribution in [0.4, 0.5) is 0 Å². The minimum atomic E-state index is 0.377. The summed E-state index contributed by atoms with van der Waals surface area (Å²) in [7, 11) is 0. The van der Waals surface area contributed by atoms with Crippen molar-refractivity contribution in [2.45, 2.75) is 57.5 Å². The van der Waals surface area contributed by atoms with E-state index < -0.39 is 0 Å². The van der Waals surface area contributed by atoms with Crippen LogP contribution >= 0.6 is 0 Å². The summed E-state index contributed by atoms with van der Waals surface area (Å²) >= 11 is 0. The van der Waals surface area contributed by atoms with Gasteiger partial charge in [0.15, 0.2) is 0 Å². The molecule has 12 heavy (non-hydrogen) atoms. The summed E-state index contributed by atoms with van der Waals surface area (Å²) in [5.41, 5.74) is 0. The number of carbonyl (C=O) groups excluding carboxylic acids is 1. The number of hydrogen-bond donors (Lipinski definition) is 0. The van der Waals surface area contributed by atoms with Crippen molar-refractivity contribution in [3.63, 3.8) is 0 Å². The number of carbonyl (C=O) groups is 1. The maximum atomic E-state index is 11.6. The highest BCUT2D eigenvalue weighted by atomic mass is 16.2. The van der Waals surface area contributed by atoms with Crippen molar-refractivity contribution < 1.29 is 4.79 Å². The topological polar surface area (TPSA) is 20.3 Å². The van der Waals surface area contributed by atoms with Crippen molar-refractivity contribution in [1.82, 2.24) is 4.90 Å². The lowest BCUT2D eigenvalue weighted by Gasteiger charge is -2.34. The van der Waals surface area contributed by atoms with Gasteiger partial charge in [0.2, 0.25) is 5.91 Å². The maximum absolute atomic E-state index is 11.6. The van der Waals surface area contributed by atoms with E-state index in [1.807, 2.05) is 6.92 Å². The Bertz CT molecular complexity index is 174. The molecule has 0 spiro atoms. The summed E-state index contributed by atoms with van der Waals surface area (Å²) in [4.78, 5) is 13.7. The van der Waals surface area contributed by atoms with Crippen LogP contribution in [0.1, 0.15) is 45.4 Å². The normalized spacial score (nSPS) is 33.9. The van der Waals surface area contributed by atoms with Crippen molar-refractivity contribution in [1.29, 1.82) is 0 Å². The summed E-state index contributed by atoms with van der Waals surface area (Å²) < 4.78 is 0. The fourth-order valence-electron chi connectivity index (χ4n) is 2.71. The summed E-state index contributed by atoms with van der Waals surface area (Å²) in [6.45, 7) is 1.97. The molecule has 0 radical (unpaired) electrons. The average molecular weight is 167 g/mol. The van der Waals surface area contributed by atoms with Gasteiger partial charge in [-0.2, -0.15) is 0 Å². The number of fused-ring (bicyclic) bond motifs is 2. The van der Waals surface area contributed by atoms with Gasteiger partial charge in [0.25, 0.3) is 0 Å². The predicted octanol–water partition coefficient (Wildman–Crippen LogP) is 1.94. The second-order valence-corrected chi connectivity index (χ2v) is 3.97. The monoisotopic (exact) mass is 167 g/mol. The van der Waals surface area contributed by atoms with Crippen molar-refractivity contribution >= 4 is 5.91 Å². The molecule has 0 saturated carbocycles. The molecule has 2 nitrogen and oxygen atoms in total. The lowest BCUT2D eigenvalue weighted by Crippen LogP contribution is -2.43. The van der Waals surface area contributed by atoms with E-state index in [1.54, 1.807) is 0 Å². The van der Waals surface area contributed by atoms with Gasteiger partial charge in [-0.05, 0) is 32.1 Å². The van der Waals surface area contributed by atoms with E-state index in [0.717, 1.165) is 0 Å². The second-order valence-electron chi connectivity index (χ2n) is 3.97. The summed E-state index contributed by atoms with van der Waals surface area (Å²) in [6.07, 6.45) is 7.05. The fraction of sp³-hybridized carbons (Fsp3) is 0.900. The van der Waals surface area contributed by atoms with Crippen molar-refractivity contribution in [2.75, 3.05) is 0 Å². The van der Waals surface area contributed by atoms with Crippen LogP contribution in [0.2, 0.25) is 0 Å². The Kier molecular flexibility index (Phi) is 2.07. The molecule has 0 aromatic heterocycles. The molecule has 2 aliphatic heterocycles. The first-order valence-electron chi connectivity index (χ1n) is 5.14. The predicted molar refractivity (Wildman–Crippen MR) is 47.8 cm³/mol. The van der Waals surface area contributed by atoms with Gasteiger partial charge in [-0.3, -0.25) is 4.79 Å². The van der Waals surface area contributed by atoms with Gasteiger partial charge in [-0.15, -0.1) is 0 Å². The molecular formula is C10H17NO. The molecule has 0 aliphatic carbocycles. The van der Waals surface area contributed by atoms with Gasteiger partial charge >= 0.3 is 0 Å². The number of nitrogens with zero attached hydrogens (tertiary/aromatic N) is 1. The van der Waals surface area contributed by atoms with Crippen LogP contribution in [0.25, 0.3) is 0 Å². The van der Waals surface area contributed by atoms with Crippen LogP contribution in [0, 0.1) is 0 Å². The Morgan fingerprint density at radius 2 is 1.83 bits per heavy atom. The van der Waals surface area contributed by atoms with Crippen LogP contribution in [-0.2, 0) is 4.79 Å². The molecule has 0 N–H and O–H groups in total. The molecule has 2 rings (SSSR count). The number of amides is 1. The van der Waals surface area contributed by atoms with Crippen LogP contribution in [0.5, 0.6) is 0 Å². The van der Waals surface area contributed by atoms with E-state index in [-0.39, 0.29) is 0 Å². The van der Waals surface area contributed by atoms with Gasteiger partial charge in [-0.1, -0.05) is 6.92 Å². The third-order valence-electron chi connectivity index (χ3n) is 3.29. The van der Waals surface area contributed by atoms with E-state index in [4.69, 9.17) is 0 Å². The van der Waals surface area contributed by atoms with Gasteiger partial charge < -0.3 is 4.90 Å². The first-order valence-corrected chi connectivity index (χ1v) is 5.14. The van der Waals surface area contributed by atoms with Crippen LogP contribution in [-0.4, -0.2) is 22.9 Å². The molecule has 1 amide bonds. The zero-order valence-corrected chi connectivity index (χ0v) is 7.75. The van der Waals surface area contributed by atoms with Gasteiger partial charge in [0, 0.05) is 18.5 Å². The van der Waals surface area contributed by atoms with E-state index in [1.165, 1.54) is 32.1 Å². The Morgan fingerprint density at radius 1 is 1.25 bits per heavy atom. The number of hydrogen-bond acceptors (Lipinski definition) is 1. The van der Waals surface area contributed by atoms with Crippen molar-refractivity contribution in [3.8, 4) is 0 Å². The molecular weight excluding hydrogens is 150 g/mol. The Morgan fingerprint density at radius 3 is 2.33 bits per heavy atom. The lowest BCUT2D eigenvalue weighted by molar-refractivity contribution is -0.135. The van der Waals surface area contributed by atoms with Gasteiger partial charge in [-0.25, -0.2) is 0 Å². The third kappa shape index (κ3) is 1.13. The molecule has 2 bridgehead atoms. The molecule has 2 heteroatoms. The molecule has 2 heterocycles. The molecule has 2 saturated heterocycles. The average Bonchev–Trinajstić information content (AvgIpc) is 2.35. The number of piperidine rings is 1. The fourth-order valence-corrected chi connectivity index (χ4v) is 2.71. The Hall–Kier alpha value is -0.530. The lowest BCUT2D eigenvalue weighted by atomic mass is 10.0. The molecule has 2 fully saturated rings. The summed E-state index contributed by atoms with van der Waals surface area (Å²) in [5.74, 6) is 0.377. The molecule has 2 aliphatic rings. The molecule has 68 valence electrons. The van der Waals surface area contributed by atoms with Crippen LogP contribution < -0.4 is 0 Å². The minimum absolute atomic E-state index is 0.377. The number of rotatable bonds is 1. The highest BCUT2D eigenvalue weighted by Gasteiger charge is 2.38. The van der Waals surface area contributed by atoms with Crippen molar-refractivity contribution in [2.24, 2.45) is 0 Å².